The first kappa shape index (κ1) is 18.5. The molecule has 0 aliphatic rings. The van der Waals surface area contributed by atoms with E-state index in [9.17, 15) is 14.4 Å². The molecule has 1 rings (SSSR count). The van der Waals surface area contributed by atoms with Gasteiger partial charge in [0, 0.05) is 14.1 Å². The van der Waals surface area contributed by atoms with Crippen molar-refractivity contribution in [2.45, 2.75) is 19.4 Å². The third-order valence-corrected chi connectivity index (χ3v) is 3.08. The molecule has 0 fully saturated rings. The third kappa shape index (κ3) is 6.37. The van der Waals surface area contributed by atoms with E-state index in [0.29, 0.717) is 12.2 Å². The first-order valence-electron chi connectivity index (χ1n) is 7.30. The molecule has 1 aromatic rings. The van der Waals surface area contributed by atoms with Gasteiger partial charge in [0.1, 0.15) is 5.75 Å². The molecule has 1 N–H and O–H groups in total. The summed E-state index contributed by atoms with van der Waals surface area (Å²) in [6.45, 7) is 1.26. The molecule has 126 valence electrons. The molecule has 0 saturated carbocycles. The lowest BCUT2D eigenvalue weighted by atomic mass is 10.2. The van der Waals surface area contributed by atoms with Crippen LogP contribution in [-0.4, -0.2) is 56.0 Å². The third-order valence-electron chi connectivity index (χ3n) is 3.08. The number of para-hydroxylation sites is 1. The normalized spacial score (nSPS) is 11.3. The van der Waals surface area contributed by atoms with Crippen molar-refractivity contribution in [2.75, 3.05) is 27.2 Å². The second-order valence-corrected chi connectivity index (χ2v) is 4.86. The minimum Gasteiger partial charge on any atom is -0.479 e. The largest absolute Gasteiger partial charge is 0.479 e. The lowest BCUT2D eigenvalue weighted by Gasteiger charge is -2.18. The highest BCUT2D eigenvalue weighted by molar-refractivity contribution is 5.86. The summed E-state index contributed by atoms with van der Waals surface area (Å²) in [5.74, 6) is -0.819. The SMILES string of the molecule is CC[C@@H](Oc1ccccc1)C(=O)OCC(=O)N(C)CC(=O)NC. The molecule has 0 heterocycles. The van der Waals surface area contributed by atoms with Crippen LogP contribution in [0, 0.1) is 0 Å². The Kier molecular flexibility index (Phi) is 7.59. The summed E-state index contributed by atoms with van der Waals surface area (Å²) in [5, 5.41) is 2.41. The quantitative estimate of drug-likeness (QED) is 0.708. The van der Waals surface area contributed by atoms with Crippen LogP contribution in [0.25, 0.3) is 0 Å². The molecule has 0 bridgehead atoms. The van der Waals surface area contributed by atoms with Crippen molar-refractivity contribution in [3.8, 4) is 5.75 Å². The molecule has 0 aromatic heterocycles. The Morgan fingerprint density at radius 2 is 1.87 bits per heavy atom. The number of likely N-dealkylation sites (N-methyl/N-ethyl adjacent to an activating group) is 2. The number of hydrogen-bond donors (Lipinski definition) is 1. The van der Waals surface area contributed by atoms with Crippen molar-refractivity contribution >= 4 is 17.8 Å². The highest BCUT2D eigenvalue weighted by Gasteiger charge is 2.22. The maximum absolute atomic E-state index is 12.0. The summed E-state index contributed by atoms with van der Waals surface area (Å²) in [7, 11) is 2.94. The van der Waals surface area contributed by atoms with Crippen molar-refractivity contribution < 1.29 is 23.9 Å². The van der Waals surface area contributed by atoms with Gasteiger partial charge >= 0.3 is 5.97 Å². The zero-order valence-corrected chi connectivity index (χ0v) is 13.6. The van der Waals surface area contributed by atoms with E-state index in [4.69, 9.17) is 9.47 Å². The summed E-state index contributed by atoms with van der Waals surface area (Å²) in [4.78, 5) is 36.2. The summed E-state index contributed by atoms with van der Waals surface area (Å²) in [5.41, 5.74) is 0. The van der Waals surface area contributed by atoms with Crippen LogP contribution in [0.5, 0.6) is 5.75 Å². The number of ether oxygens (including phenoxy) is 2. The van der Waals surface area contributed by atoms with Crippen molar-refractivity contribution in [2.24, 2.45) is 0 Å². The lowest BCUT2D eigenvalue weighted by molar-refractivity contribution is -0.158. The first-order chi connectivity index (χ1) is 11.0. The number of nitrogens with one attached hydrogen (secondary N) is 1. The minimum atomic E-state index is -0.783. The highest BCUT2D eigenvalue weighted by Crippen LogP contribution is 2.13. The van der Waals surface area contributed by atoms with Crippen LogP contribution in [0.3, 0.4) is 0 Å². The zero-order valence-electron chi connectivity index (χ0n) is 13.6. The van der Waals surface area contributed by atoms with Crippen LogP contribution in [0.1, 0.15) is 13.3 Å². The zero-order chi connectivity index (χ0) is 17.2. The molecule has 0 spiro atoms. The predicted molar refractivity (Wildman–Crippen MR) is 83.8 cm³/mol. The molecule has 23 heavy (non-hydrogen) atoms. The number of benzene rings is 1. The molecular formula is C16H22N2O5. The number of nitrogens with zero attached hydrogens (tertiary/aromatic N) is 1. The smallest absolute Gasteiger partial charge is 0.347 e. The van der Waals surface area contributed by atoms with Crippen molar-refractivity contribution in [3.63, 3.8) is 0 Å². The van der Waals surface area contributed by atoms with E-state index in [0.717, 1.165) is 0 Å². The topological polar surface area (TPSA) is 84.9 Å². The van der Waals surface area contributed by atoms with Gasteiger partial charge in [0.15, 0.2) is 12.7 Å². The van der Waals surface area contributed by atoms with Crippen molar-refractivity contribution in [1.29, 1.82) is 0 Å². The number of hydrogen-bond acceptors (Lipinski definition) is 5. The van der Waals surface area contributed by atoms with Crippen molar-refractivity contribution in [1.82, 2.24) is 10.2 Å². The van der Waals surface area contributed by atoms with E-state index < -0.39 is 24.6 Å². The fourth-order valence-electron chi connectivity index (χ4n) is 1.68. The molecule has 0 aliphatic heterocycles. The van der Waals surface area contributed by atoms with Crippen LogP contribution >= 0.6 is 0 Å². The van der Waals surface area contributed by atoms with E-state index in [1.54, 1.807) is 31.2 Å². The van der Waals surface area contributed by atoms with E-state index in [2.05, 4.69) is 5.32 Å². The monoisotopic (exact) mass is 322 g/mol. The lowest BCUT2D eigenvalue weighted by Crippen LogP contribution is -2.40. The molecule has 2 amide bonds. The molecule has 0 radical (unpaired) electrons. The number of amides is 2. The van der Waals surface area contributed by atoms with Crippen LogP contribution in [0.15, 0.2) is 30.3 Å². The van der Waals surface area contributed by atoms with Crippen LogP contribution in [0.4, 0.5) is 0 Å². The second-order valence-electron chi connectivity index (χ2n) is 4.86. The molecule has 1 aromatic carbocycles. The van der Waals surface area contributed by atoms with Gasteiger partial charge in [-0.05, 0) is 18.6 Å². The molecule has 7 nitrogen and oxygen atoms in total. The highest BCUT2D eigenvalue weighted by atomic mass is 16.6. The molecule has 0 unspecified atom stereocenters. The van der Waals surface area contributed by atoms with Gasteiger partial charge in [-0.3, -0.25) is 9.59 Å². The number of carbonyl (C=O) groups is 3. The molecule has 0 saturated heterocycles. The van der Waals surface area contributed by atoms with E-state index in [1.165, 1.54) is 19.0 Å². The van der Waals surface area contributed by atoms with Gasteiger partial charge in [0.25, 0.3) is 5.91 Å². The molecule has 1 atom stereocenters. The minimum absolute atomic E-state index is 0.0927. The predicted octanol–water partition coefficient (Wildman–Crippen LogP) is 0.592. The average Bonchev–Trinajstić information content (AvgIpc) is 2.57. The number of carbonyl (C=O) groups excluding carboxylic acids is 3. The maximum atomic E-state index is 12.0. The Balaban J connectivity index is 2.47. The van der Waals surface area contributed by atoms with Crippen LogP contribution < -0.4 is 10.1 Å². The Morgan fingerprint density at radius 3 is 2.43 bits per heavy atom. The van der Waals surface area contributed by atoms with Crippen LogP contribution in [-0.2, 0) is 19.1 Å². The Morgan fingerprint density at radius 1 is 1.22 bits per heavy atom. The molecule has 7 heteroatoms. The number of rotatable bonds is 8. The van der Waals surface area contributed by atoms with Gasteiger partial charge in [-0.1, -0.05) is 25.1 Å². The van der Waals surface area contributed by atoms with Gasteiger partial charge in [-0.15, -0.1) is 0 Å². The van der Waals surface area contributed by atoms with Gasteiger partial charge in [-0.2, -0.15) is 0 Å². The van der Waals surface area contributed by atoms with Gasteiger partial charge in [0.2, 0.25) is 5.91 Å². The fraction of sp³-hybridized carbons (Fsp3) is 0.438. The Labute approximate surface area is 135 Å². The standard InChI is InChI=1S/C16H22N2O5/c1-4-13(23-12-8-6-5-7-9-12)16(21)22-11-15(20)18(3)10-14(19)17-2/h5-9,13H,4,10-11H2,1-3H3,(H,17,19)/t13-/m1/s1. The van der Waals surface area contributed by atoms with Gasteiger partial charge < -0.3 is 19.7 Å². The summed E-state index contributed by atoms with van der Waals surface area (Å²) >= 11 is 0. The summed E-state index contributed by atoms with van der Waals surface area (Å²) in [6, 6.07) is 8.90. The summed E-state index contributed by atoms with van der Waals surface area (Å²) < 4.78 is 10.5. The number of esters is 1. The van der Waals surface area contributed by atoms with Gasteiger partial charge in [0.05, 0.1) is 6.54 Å². The Bertz CT molecular complexity index is 533. The van der Waals surface area contributed by atoms with E-state index in [-0.39, 0.29) is 12.5 Å². The average molecular weight is 322 g/mol. The maximum Gasteiger partial charge on any atom is 0.347 e. The van der Waals surface area contributed by atoms with E-state index >= 15 is 0 Å². The van der Waals surface area contributed by atoms with Crippen LogP contribution in [0.2, 0.25) is 0 Å². The second kappa shape index (κ2) is 9.45. The first-order valence-corrected chi connectivity index (χ1v) is 7.30. The van der Waals surface area contributed by atoms with Crippen molar-refractivity contribution in [3.05, 3.63) is 30.3 Å². The molecule has 0 aliphatic carbocycles. The fourth-order valence-corrected chi connectivity index (χ4v) is 1.68. The summed E-state index contributed by atoms with van der Waals surface area (Å²) in [6.07, 6.45) is -0.370. The van der Waals surface area contributed by atoms with E-state index in [1.807, 2.05) is 6.07 Å². The Hall–Kier alpha value is -2.57. The molecular weight excluding hydrogens is 300 g/mol. The van der Waals surface area contributed by atoms with Gasteiger partial charge in [-0.25, -0.2) is 4.79 Å².